The van der Waals surface area contributed by atoms with Gasteiger partial charge in [-0.25, -0.2) is 4.98 Å². The second-order valence-corrected chi connectivity index (χ2v) is 7.85. The highest BCUT2D eigenvalue weighted by atomic mass is 127. The Morgan fingerprint density at radius 1 is 1.15 bits per heavy atom. The fourth-order valence-electron chi connectivity index (χ4n) is 4.28. The molecule has 7 heteroatoms. The van der Waals surface area contributed by atoms with E-state index in [9.17, 15) is 0 Å². The zero-order valence-electron chi connectivity index (χ0n) is 17.1. The first-order valence-corrected chi connectivity index (χ1v) is 10.3. The third-order valence-electron chi connectivity index (χ3n) is 5.93. The van der Waals surface area contributed by atoms with Gasteiger partial charge in [0.05, 0.1) is 12.2 Å². The molecule has 0 spiro atoms. The van der Waals surface area contributed by atoms with Crippen LogP contribution in [0.4, 0.5) is 0 Å². The van der Waals surface area contributed by atoms with E-state index >= 15 is 0 Å². The van der Waals surface area contributed by atoms with Crippen molar-refractivity contribution in [3.05, 3.63) is 17.3 Å². The number of nitrogens with zero attached hydrogens (tertiary/aromatic N) is 3. The van der Waals surface area contributed by atoms with Gasteiger partial charge in [0.25, 0.3) is 0 Å². The second kappa shape index (κ2) is 11.2. The predicted molar refractivity (Wildman–Crippen MR) is 121 cm³/mol. The number of aliphatic imine (C=N–C) groups is 1. The molecule has 0 radical (unpaired) electrons. The number of oxazole rings is 1. The molecule has 1 atom stereocenters. The van der Waals surface area contributed by atoms with E-state index in [2.05, 4.69) is 25.5 Å². The molecular formula is C20H36IN5O. The van der Waals surface area contributed by atoms with Gasteiger partial charge in [-0.05, 0) is 52.0 Å². The van der Waals surface area contributed by atoms with Crippen LogP contribution in [0.3, 0.4) is 0 Å². The quantitative estimate of drug-likeness (QED) is 0.363. The summed E-state index contributed by atoms with van der Waals surface area (Å²) in [7, 11) is 1.82. The highest BCUT2D eigenvalue weighted by Gasteiger charge is 2.27. The Kier molecular flexibility index (Phi) is 9.35. The molecule has 1 aromatic heterocycles. The summed E-state index contributed by atoms with van der Waals surface area (Å²) < 4.78 is 5.62. The van der Waals surface area contributed by atoms with Gasteiger partial charge in [-0.2, -0.15) is 0 Å². The van der Waals surface area contributed by atoms with E-state index < -0.39 is 0 Å². The topological polar surface area (TPSA) is 65.7 Å². The number of hydrogen-bond donors (Lipinski definition) is 2. The molecular weight excluding hydrogens is 453 g/mol. The summed E-state index contributed by atoms with van der Waals surface area (Å²) in [6.07, 6.45) is 9.75. The standard InChI is InChI=1S/C20H35N5O.HI/c1-15-16(2)26-19(24-15)13-23-20(21-3)22-12-18-10-7-11-25(18)14-17-8-5-4-6-9-17;/h17-18H,4-14H2,1-3H3,(H2,21,22,23);1H. The van der Waals surface area contributed by atoms with Crippen molar-refractivity contribution in [3.63, 3.8) is 0 Å². The van der Waals surface area contributed by atoms with Crippen molar-refractivity contribution in [1.29, 1.82) is 0 Å². The van der Waals surface area contributed by atoms with E-state index in [0.29, 0.717) is 18.5 Å². The van der Waals surface area contributed by atoms with Crippen LogP contribution in [0.1, 0.15) is 62.3 Å². The third kappa shape index (κ3) is 6.62. The third-order valence-corrected chi connectivity index (χ3v) is 5.93. The second-order valence-electron chi connectivity index (χ2n) is 7.85. The van der Waals surface area contributed by atoms with Crippen LogP contribution in [-0.2, 0) is 6.54 Å². The predicted octanol–water partition coefficient (Wildman–Crippen LogP) is 3.62. The SMILES string of the molecule is CN=C(NCc1nc(C)c(C)o1)NCC1CCCN1CC1CCCCC1.I. The van der Waals surface area contributed by atoms with Crippen LogP contribution in [0.15, 0.2) is 9.41 Å². The number of likely N-dealkylation sites (tertiary alicyclic amines) is 1. The number of halogens is 1. The highest BCUT2D eigenvalue weighted by Crippen LogP contribution is 2.27. The molecule has 6 nitrogen and oxygen atoms in total. The molecule has 0 aromatic carbocycles. The van der Waals surface area contributed by atoms with Gasteiger partial charge in [0.15, 0.2) is 5.96 Å². The number of aromatic nitrogens is 1. The Morgan fingerprint density at radius 3 is 2.59 bits per heavy atom. The summed E-state index contributed by atoms with van der Waals surface area (Å²) in [6.45, 7) is 7.97. The molecule has 2 N–H and O–H groups in total. The van der Waals surface area contributed by atoms with Gasteiger partial charge in [0.1, 0.15) is 5.76 Å². The van der Waals surface area contributed by atoms with Gasteiger partial charge < -0.3 is 15.1 Å². The maximum atomic E-state index is 5.62. The number of hydrogen-bond acceptors (Lipinski definition) is 4. The summed E-state index contributed by atoms with van der Waals surface area (Å²) in [6, 6.07) is 0.627. The number of guanidine groups is 1. The maximum absolute atomic E-state index is 5.62. The fourth-order valence-corrected chi connectivity index (χ4v) is 4.28. The molecule has 2 aliphatic rings. The maximum Gasteiger partial charge on any atom is 0.214 e. The van der Waals surface area contributed by atoms with Gasteiger partial charge >= 0.3 is 0 Å². The first kappa shape index (κ1) is 22.5. The number of rotatable bonds is 6. The van der Waals surface area contributed by atoms with E-state index in [-0.39, 0.29) is 24.0 Å². The minimum absolute atomic E-state index is 0. The van der Waals surface area contributed by atoms with Crippen LogP contribution in [0.5, 0.6) is 0 Å². The summed E-state index contributed by atoms with van der Waals surface area (Å²) in [5.41, 5.74) is 0.953. The smallest absolute Gasteiger partial charge is 0.214 e. The zero-order chi connectivity index (χ0) is 18.4. The van der Waals surface area contributed by atoms with Crippen LogP contribution in [-0.4, -0.2) is 48.6 Å². The summed E-state index contributed by atoms with van der Waals surface area (Å²) in [5.74, 6) is 3.33. The molecule has 1 saturated carbocycles. The Balaban J connectivity index is 0.00000261. The lowest BCUT2D eigenvalue weighted by atomic mass is 9.89. The Morgan fingerprint density at radius 2 is 1.93 bits per heavy atom. The zero-order valence-corrected chi connectivity index (χ0v) is 19.4. The van der Waals surface area contributed by atoms with Crippen LogP contribution >= 0.6 is 24.0 Å². The molecule has 1 aliphatic carbocycles. The van der Waals surface area contributed by atoms with Crippen molar-refractivity contribution in [2.45, 2.75) is 71.4 Å². The Labute approximate surface area is 181 Å². The van der Waals surface area contributed by atoms with E-state index in [0.717, 1.165) is 29.9 Å². The lowest BCUT2D eigenvalue weighted by Crippen LogP contribution is -2.45. The normalized spacial score (nSPS) is 21.9. The van der Waals surface area contributed by atoms with E-state index in [1.165, 1.54) is 58.0 Å². The summed E-state index contributed by atoms with van der Waals surface area (Å²) in [5, 5.41) is 6.81. The van der Waals surface area contributed by atoms with Crippen LogP contribution < -0.4 is 10.6 Å². The molecule has 27 heavy (non-hydrogen) atoms. The first-order valence-electron chi connectivity index (χ1n) is 10.3. The van der Waals surface area contributed by atoms with Gasteiger partial charge in [-0.1, -0.05) is 19.3 Å². The Hall–Kier alpha value is -0.830. The van der Waals surface area contributed by atoms with Crippen LogP contribution in [0.25, 0.3) is 0 Å². The van der Waals surface area contributed by atoms with Crippen molar-refractivity contribution in [2.24, 2.45) is 10.9 Å². The molecule has 1 saturated heterocycles. The van der Waals surface area contributed by atoms with Crippen molar-refractivity contribution in [1.82, 2.24) is 20.5 Å². The monoisotopic (exact) mass is 489 g/mol. The van der Waals surface area contributed by atoms with E-state index in [1.807, 2.05) is 20.9 Å². The first-order chi connectivity index (χ1) is 12.7. The van der Waals surface area contributed by atoms with E-state index in [4.69, 9.17) is 4.42 Å². The Bertz CT molecular complexity index is 578. The largest absolute Gasteiger partial charge is 0.444 e. The molecule has 1 aliphatic heterocycles. The van der Waals surface area contributed by atoms with E-state index in [1.54, 1.807) is 0 Å². The number of aryl methyl sites for hydroxylation is 2. The molecule has 1 aromatic rings. The van der Waals surface area contributed by atoms with Gasteiger partial charge in [-0.15, -0.1) is 24.0 Å². The van der Waals surface area contributed by atoms with Crippen molar-refractivity contribution >= 4 is 29.9 Å². The van der Waals surface area contributed by atoms with Crippen molar-refractivity contribution in [3.8, 4) is 0 Å². The molecule has 0 amide bonds. The average Bonchev–Trinajstić information content (AvgIpc) is 3.22. The molecule has 2 fully saturated rings. The summed E-state index contributed by atoms with van der Waals surface area (Å²) in [4.78, 5) is 11.5. The van der Waals surface area contributed by atoms with Gasteiger partial charge in [-0.3, -0.25) is 9.89 Å². The summed E-state index contributed by atoms with van der Waals surface area (Å²) >= 11 is 0. The minimum atomic E-state index is 0. The fraction of sp³-hybridized carbons (Fsp3) is 0.800. The van der Waals surface area contributed by atoms with Crippen molar-refractivity contribution in [2.75, 3.05) is 26.7 Å². The van der Waals surface area contributed by atoms with Crippen LogP contribution in [0, 0.1) is 19.8 Å². The molecule has 3 rings (SSSR count). The molecule has 2 heterocycles. The van der Waals surface area contributed by atoms with Gasteiger partial charge in [0, 0.05) is 26.2 Å². The molecule has 154 valence electrons. The highest BCUT2D eigenvalue weighted by molar-refractivity contribution is 14.0. The lowest BCUT2D eigenvalue weighted by Gasteiger charge is -2.31. The molecule has 0 bridgehead atoms. The van der Waals surface area contributed by atoms with Crippen LogP contribution in [0.2, 0.25) is 0 Å². The molecule has 1 unspecified atom stereocenters. The average molecular weight is 489 g/mol. The number of nitrogens with one attached hydrogen (secondary N) is 2. The lowest BCUT2D eigenvalue weighted by molar-refractivity contribution is 0.188. The minimum Gasteiger partial charge on any atom is -0.444 e. The van der Waals surface area contributed by atoms with Crippen molar-refractivity contribution < 1.29 is 4.42 Å². The van der Waals surface area contributed by atoms with Gasteiger partial charge in [0.2, 0.25) is 5.89 Å².